The predicted molar refractivity (Wildman–Crippen MR) is 61.0 cm³/mol. The molecule has 4 aliphatic heterocycles. The fourth-order valence-corrected chi connectivity index (χ4v) is 5.01. The van der Waals surface area contributed by atoms with Gasteiger partial charge in [0, 0.05) is 30.5 Å². The standard InChI is InChI=1S/C12H20N4/c1-12-9-5-3-7(13-14-9)11(12)8-4-6-10(12)16(2)15-8/h7-11,15H,3-6H2,1-2H3. The first-order valence-electron chi connectivity index (χ1n) is 6.60. The second-order valence-corrected chi connectivity index (χ2v) is 6.22. The molecule has 2 saturated heterocycles. The molecular formula is C12H20N4. The Bertz CT molecular complexity index is 355. The number of hydrogen-bond donors (Lipinski definition) is 1. The number of hydrazine groups is 1. The summed E-state index contributed by atoms with van der Waals surface area (Å²) in [4.78, 5) is 0. The van der Waals surface area contributed by atoms with Crippen LogP contribution in [0.25, 0.3) is 0 Å². The molecule has 1 N–H and O–H groups in total. The maximum Gasteiger partial charge on any atom is 0.0782 e. The van der Waals surface area contributed by atoms with E-state index in [4.69, 9.17) is 0 Å². The van der Waals surface area contributed by atoms with Crippen LogP contribution in [0.5, 0.6) is 0 Å². The Morgan fingerprint density at radius 2 is 2.06 bits per heavy atom. The third-order valence-corrected chi connectivity index (χ3v) is 5.68. The van der Waals surface area contributed by atoms with Crippen LogP contribution in [0.4, 0.5) is 0 Å². The van der Waals surface area contributed by atoms with Crippen LogP contribution in [-0.4, -0.2) is 36.2 Å². The Morgan fingerprint density at radius 1 is 1.19 bits per heavy atom. The quantitative estimate of drug-likeness (QED) is 0.673. The van der Waals surface area contributed by atoms with Crippen molar-refractivity contribution in [2.24, 2.45) is 21.6 Å². The molecule has 88 valence electrons. The van der Waals surface area contributed by atoms with Crippen molar-refractivity contribution in [1.82, 2.24) is 10.4 Å². The third kappa shape index (κ3) is 0.900. The molecule has 6 aliphatic rings. The molecule has 0 radical (unpaired) electrons. The molecule has 16 heavy (non-hydrogen) atoms. The van der Waals surface area contributed by atoms with E-state index in [1.54, 1.807) is 0 Å². The van der Waals surface area contributed by atoms with E-state index in [9.17, 15) is 0 Å². The first kappa shape index (κ1) is 9.54. The molecule has 0 aromatic heterocycles. The van der Waals surface area contributed by atoms with Gasteiger partial charge in [-0.25, -0.2) is 5.01 Å². The Morgan fingerprint density at radius 3 is 2.75 bits per heavy atom. The fraction of sp³-hybridized carbons (Fsp3) is 1.00. The maximum absolute atomic E-state index is 4.58. The topological polar surface area (TPSA) is 40.0 Å². The molecule has 0 amide bonds. The van der Waals surface area contributed by atoms with E-state index in [0.717, 1.165) is 5.92 Å². The Labute approximate surface area is 96.5 Å². The summed E-state index contributed by atoms with van der Waals surface area (Å²) in [7, 11) is 2.21. The number of fused-ring (bicyclic) bond motifs is 3. The van der Waals surface area contributed by atoms with Gasteiger partial charge in [0.15, 0.2) is 0 Å². The second-order valence-electron chi connectivity index (χ2n) is 6.22. The summed E-state index contributed by atoms with van der Waals surface area (Å²) in [5.41, 5.74) is 4.04. The minimum Gasteiger partial charge on any atom is -0.252 e. The van der Waals surface area contributed by atoms with Crippen molar-refractivity contribution >= 4 is 0 Å². The first-order valence-corrected chi connectivity index (χ1v) is 6.60. The lowest BCUT2D eigenvalue weighted by atomic mass is 9.51. The van der Waals surface area contributed by atoms with Crippen molar-refractivity contribution in [2.75, 3.05) is 7.05 Å². The van der Waals surface area contributed by atoms with E-state index >= 15 is 0 Å². The Kier molecular flexibility index (Phi) is 1.70. The molecule has 6 atom stereocenters. The van der Waals surface area contributed by atoms with E-state index in [2.05, 4.69) is 34.6 Å². The monoisotopic (exact) mass is 220 g/mol. The summed E-state index contributed by atoms with van der Waals surface area (Å²) in [6.07, 6.45) is 5.19. The molecular weight excluding hydrogens is 200 g/mol. The van der Waals surface area contributed by atoms with Gasteiger partial charge in [-0.2, -0.15) is 10.2 Å². The molecule has 6 rings (SSSR count). The van der Waals surface area contributed by atoms with Gasteiger partial charge < -0.3 is 0 Å². The van der Waals surface area contributed by atoms with Gasteiger partial charge in [0.25, 0.3) is 0 Å². The van der Waals surface area contributed by atoms with Gasteiger partial charge in [-0.1, -0.05) is 6.92 Å². The van der Waals surface area contributed by atoms with Gasteiger partial charge in [0.2, 0.25) is 0 Å². The zero-order valence-electron chi connectivity index (χ0n) is 10.1. The average Bonchev–Trinajstić information content (AvgIpc) is 2.30. The second kappa shape index (κ2) is 2.85. The number of nitrogens with one attached hydrogen (secondary N) is 1. The minimum absolute atomic E-state index is 0.383. The van der Waals surface area contributed by atoms with Gasteiger partial charge in [-0.15, -0.1) is 0 Å². The van der Waals surface area contributed by atoms with Crippen LogP contribution in [0.3, 0.4) is 0 Å². The molecule has 2 saturated carbocycles. The molecule has 2 aliphatic carbocycles. The van der Waals surface area contributed by atoms with E-state index in [1.807, 2.05) is 0 Å². The molecule has 4 heterocycles. The van der Waals surface area contributed by atoms with Crippen LogP contribution in [0.1, 0.15) is 32.6 Å². The van der Waals surface area contributed by atoms with Crippen LogP contribution in [0.2, 0.25) is 0 Å². The number of nitrogens with zero attached hydrogens (tertiary/aromatic N) is 3. The molecule has 6 unspecified atom stereocenters. The van der Waals surface area contributed by atoms with Crippen LogP contribution < -0.4 is 5.43 Å². The van der Waals surface area contributed by atoms with E-state index < -0.39 is 0 Å². The van der Waals surface area contributed by atoms with E-state index in [0.29, 0.717) is 29.6 Å². The predicted octanol–water partition coefficient (Wildman–Crippen LogP) is 1.59. The minimum atomic E-state index is 0.383. The highest BCUT2D eigenvalue weighted by atomic mass is 15.5. The summed E-state index contributed by atoms with van der Waals surface area (Å²) in [5.74, 6) is 0.735. The van der Waals surface area contributed by atoms with Crippen LogP contribution >= 0.6 is 0 Å². The molecule has 4 fully saturated rings. The third-order valence-electron chi connectivity index (χ3n) is 5.68. The molecule has 0 aromatic carbocycles. The molecule has 0 aromatic rings. The number of hydrogen-bond acceptors (Lipinski definition) is 4. The highest BCUT2D eigenvalue weighted by Crippen LogP contribution is 2.57. The van der Waals surface area contributed by atoms with Gasteiger partial charge in [-0.05, 0) is 25.7 Å². The van der Waals surface area contributed by atoms with Crippen molar-refractivity contribution in [2.45, 2.75) is 56.8 Å². The van der Waals surface area contributed by atoms with E-state index in [-0.39, 0.29) is 0 Å². The van der Waals surface area contributed by atoms with Gasteiger partial charge in [-0.3, -0.25) is 5.43 Å². The van der Waals surface area contributed by atoms with Gasteiger partial charge >= 0.3 is 0 Å². The summed E-state index contributed by atoms with van der Waals surface area (Å²) >= 11 is 0. The van der Waals surface area contributed by atoms with Crippen molar-refractivity contribution in [1.29, 1.82) is 0 Å². The van der Waals surface area contributed by atoms with Crippen molar-refractivity contribution in [3.8, 4) is 0 Å². The number of azo groups is 1. The summed E-state index contributed by atoms with van der Waals surface area (Å²) < 4.78 is 0. The summed E-state index contributed by atoms with van der Waals surface area (Å²) in [5, 5.41) is 11.5. The summed E-state index contributed by atoms with van der Waals surface area (Å²) in [6, 6.07) is 2.30. The van der Waals surface area contributed by atoms with Crippen molar-refractivity contribution in [3.63, 3.8) is 0 Å². The van der Waals surface area contributed by atoms with Gasteiger partial charge in [0.05, 0.1) is 12.1 Å². The normalized spacial score (nSPS) is 59.0. The SMILES string of the molecule is CN1NC2CCC1C1(C)C3CCC(N=N3)C21. The molecule has 4 nitrogen and oxygen atoms in total. The highest BCUT2D eigenvalue weighted by Gasteiger charge is 2.63. The Hall–Kier alpha value is -0.480. The molecule has 4 heteroatoms. The highest BCUT2D eigenvalue weighted by molar-refractivity contribution is 5.17. The fourth-order valence-electron chi connectivity index (χ4n) is 5.01. The average molecular weight is 220 g/mol. The smallest absolute Gasteiger partial charge is 0.0782 e. The largest absolute Gasteiger partial charge is 0.252 e. The van der Waals surface area contributed by atoms with Crippen molar-refractivity contribution in [3.05, 3.63) is 0 Å². The Balaban J connectivity index is 1.84. The number of rotatable bonds is 0. The maximum atomic E-state index is 4.58. The van der Waals surface area contributed by atoms with E-state index in [1.165, 1.54) is 25.7 Å². The van der Waals surface area contributed by atoms with Crippen LogP contribution in [0, 0.1) is 11.3 Å². The molecule has 4 bridgehead atoms. The lowest BCUT2D eigenvalue weighted by molar-refractivity contribution is -0.156. The first-order chi connectivity index (χ1) is 7.71. The summed E-state index contributed by atoms with van der Waals surface area (Å²) in [6.45, 7) is 2.47. The van der Waals surface area contributed by atoms with Crippen LogP contribution in [-0.2, 0) is 0 Å². The van der Waals surface area contributed by atoms with Crippen molar-refractivity contribution < 1.29 is 0 Å². The zero-order chi connectivity index (χ0) is 10.9. The lowest BCUT2D eigenvalue weighted by Gasteiger charge is -2.65. The zero-order valence-corrected chi connectivity index (χ0v) is 10.1. The lowest BCUT2D eigenvalue weighted by Crippen LogP contribution is -2.75. The molecule has 0 spiro atoms. The van der Waals surface area contributed by atoms with Crippen LogP contribution in [0.15, 0.2) is 10.2 Å². The van der Waals surface area contributed by atoms with Gasteiger partial charge in [0.1, 0.15) is 0 Å².